The SMILES string of the molecule is CC1(CNC2(C(F)(F)F)CC2)COCC1N. The van der Waals surface area contributed by atoms with Crippen molar-refractivity contribution in [1.82, 2.24) is 5.32 Å². The Kier molecular flexibility index (Phi) is 2.72. The molecule has 0 bridgehead atoms. The normalized spacial score (nSPS) is 37.7. The molecular weight excluding hydrogens is 221 g/mol. The third-order valence-electron chi connectivity index (χ3n) is 3.75. The van der Waals surface area contributed by atoms with Crippen molar-refractivity contribution in [2.75, 3.05) is 19.8 Å². The maximum absolute atomic E-state index is 12.7. The van der Waals surface area contributed by atoms with E-state index in [4.69, 9.17) is 10.5 Å². The number of alkyl halides is 3. The fourth-order valence-electron chi connectivity index (χ4n) is 1.97. The van der Waals surface area contributed by atoms with Gasteiger partial charge >= 0.3 is 6.18 Å². The van der Waals surface area contributed by atoms with Gasteiger partial charge in [0.15, 0.2) is 0 Å². The van der Waals surface area contributed by atoms with E-state index < -0.39 is 11.7 Å². The molecule has 6 heteroatoms. The van der Waals surface area contributed by atoms with Gasteiger partial charge in [-0.3, -0.25) is 0 Å². The molecule has 16 heavy (non-hydrogen) atoms. The molecule has 1 saturated carbocycles. The van der Waals surface area contributed by atoms with Crippen LogP contribution in [-0.4, -0.2) is 37.5 Å². The molecule has 94 valence electrons. The summed E-state index contributed by atoms with van der Waals surface area (Å²) in [7, 11) is 0. The zero-order chi connectivity index (χ0) is 12.0. The summed E-state index contributed by atoms with van der Waals surface area (Å²) in [6.07, 6.45) is -3.82. The smallest absolute Gasteiger partial charge is 0.379 e. The van der Waals surface area contributed by atoms with Gasteiger partial charge in [0.05, 0.1) is 13.2 Å². The van der Waals surface area contributed by atoms with E-state index in [0.29, 0.717) is 13.2 Å². The van der Waals surface area contributed by atoms with Crippen molar-refractivity contribution in [1.29, 1.82) is 0 Å². The largest absolute Gasteiger partial charge is 0.406 e. The molecule has 1 saturated heterocycles. The Morgan fingerprint density at radius 1 is 1.44 bits per heavy atom. The second-order valence-electron chi connectivity index (χ2n) is 5.21. The van der Waals surface area contributed by atoms with Gasteiger partial charge in [-0.05, 0) is 12.8 Å². The van der Waals surface area contributed by atoms with Crippen LogP contribution in [0.15, 0.2) is 0 Å². The lowest BCUT2D eigenvalue weighted by Gasteiger charge is -2.30. The van der Waals surface area contributed by atoms with Gasteiger partial charge in [-0.2, -0.15) is 13.2 Å². The molecule has 2 unspecified atom stereocenters. The molecule has 1 aliphatic heterocycles. The lowest BCUT2D eigenvalue weighted by molar-refractivity contribution is -0.167. The summed E-state index contributed by atoms with van der Waals surface area (Å²) in [5, 5.41) is 2.64. The van der Waals surface area contributed by atoms with Crippen LogP contribution in [-0.2, 0) is 4.74 Å². The molecule has 0 aromatic rings. The van der Waals surface area contributed by atoms with Crippen LogP contribution in [0.3, 0.4) is 0 Å². The molecule has 2 atom stereocenters. The summed E-state index contributed by atoms with van der Waals surface area (Å²) in [5.41, 5.74) is 3.78. The van der Waals surface area contributed by atoms with Crippen molar-refractivity contribution in [2.24, 2.45) is 11.1 Å². The highest BCUT2D eigenvalue weighted by Crippen LogP contribution is 2.49. The van der Waals surface area contributed by atoms with Crippen LogP contribution in [0.4, 0.5) is 13.2 Å². The second kappa shape index (κ2) is 3.58. The number of nitrogens with one attached hydrogen (secondary N) is 1. The molecule has 0 amide bonds. The minimum Gasteiger partial charge on any atom is -0.379 e. The summed E-state index contributed by atoms with van der Waals surface area (Å²) in [5.74, 6) is 0. The molecule has 1 heterocycles. The van der Waals surface area contributed by atoms with E-state index in [-0.39, 0.29) is 30.8 Å². The molecule has 0 aromatic carbocycles. The quantitative estimate of drug-likeness (QED) is 0.772. The standard InChI is InChI=1S/C10H17F3N2O/c1-8(6-16-4-7(8)14)5-15-9(2-3-9)10(11,12)13/h7,15H,2-6,14H2,1H3. The summed E-state index contributed by atoms with van der Waals surface area (Å²) in [4.78, 5) is 0. The number of nitrogens with two attached hydrogens (primary N) is 1. The molecular formula is C10H17F3N2O. The highest BCUT2D eigenvalue weighted by atomic mass is 19.4. The molecule has 3 nitrogen and oxygen atoms in total. The first kappa shape index (κ1) is 12.1. The molecule has 1 aliphatic carbocycles. The molecule has 0 aromatic heterocycles. The highest BCUT2D eigenvalue weighted by Gasteiger charge is 2.63. The maximum Gasteiger partial charge on any atom is 0.406 e. The van der Waals surface area contributed by atoms with Gasteiger partial charge in [0, 0.05) is 18.0 Å². The van der Waals surface area contributed by atoms with E-state index in [1.807, 2.05) is 6.92 Å². The first-order chi connectivity index (χ1) is 7.29. The van der Waals surface area contributed by atoms with Crippen LogP contribution >= 0.6 is 0 Å². The van der Waals surface area contributed by atoms with Crippen LogP contribution in [0.25, 0.3) is 0 Å². The summed E-state index contributed by atoms with van der Waals surface area (Å²) < 4.78 is 43.2. The van der Waals surface area contributed by atoms with Crippen LogP contribution < -0.4 is 11.1 Å². The van der Waals surface area contributed by atoms with Crippen LogP contribution in [0.1, 0.15) is 19.8 Å². The minimum absolute atomic E-state index is 0.169. The van der Waals surface area contributed by atoms with E-state index in [0.717, 1.165) is 0 Å². The number of hydrogen-bond acceptors (Lipinski definition) is 3. The lowest BCUT2D eigenvalue weighted by atomic mass is 9.85. The molecule has 2 fully saturated rings. The van der Waals surface area contributed by atoms with Gasteiger partial charge in [0.1, 0.15) is 5.54 Å². The van der Waals surface area contributed by atoms with Gasteiger partial charge in [-0.15, -0.1) is 0 Å². The highest BCUT2D eigenvalue weighted by molar-refractivity contribution is 5.09. The average molecular weight is 238 g/mol. The summed E-state index contributed by atoms with van der Waals surface area (Å²) >= 11 is 0. The van der Waals surface area contributed by atoms with E-state index in [1.165, 1.54) is 0 Å². The van der Waals surface area contributed by atoms with Crippen LogP contribution in [0.5, 0.6) is 0 Å². The minimum atomic E-state index is -4.16. The average Bonchev–Trinajstić information content (AvgIpc) is 2.89. The van der Waals surface area contributed by atoms with Crippen molar-refractivity contribution in [3.8, 4) is 0 Å². The molecule has 3 N–H and O–H groups in total. The summed E-state index contributed by atoms with van der Waals surface area (Å²) in [6.45, 7) is 2.98. The van der Waals surface area contributed by atoms with Gasteiger partial charge in [0.2, 0.25) is 0 Å². The zero-order valence-corrected chi connectivity index (χ0v) is 9.23. The van der Waals surface area contributed by atoms with E-state index in [1.54, 1.807) is 0 Å². The van der Waals surface area contributed by atoms with Crippen molar-refractivity contribution < 1.29 is 17.9 Å². The molecule has 0 spiro atoms. The van der Waals surface area contributed by atoms with Gasteiger partial charge in [0.25, 0.3) is 0 Å². The van der Waals surface area contributed by atoms with Gasteiger partial charge < -0.3 is 15.8 Å². The molecule has 2 rings (SSSR count). The van der Waals surface area contributed by atoms with E-state index in [9.17, 15) is 13.2 Å². The number of rotatable bonds is 3. The topological polar surface area (TPSA) is 47.3 Å². The third-order valence-corrected chi connectivity index (χ3v) is 3.75. The fourth-order valence-corrected chi connectivity index (χ4v) is 1.97. The first-order valence-corrected chi connectivity index (χ1v) is 5.44. The predicted octanol–water partition coefficient (Wildman–Crippen LogP) is 1.03. The maximum atomic E-state index is 12.7. The van der Waals surface area contributed by atoms with E-state index in [2.05, 4.69) is 5.32 Å². The van der Waals surface area contributed by atoms with Crippen LogP contribution in [0.2, 0.25) is 0 Å². The van der Waals surface area contributed by atoms with Crippen LogP contribution in [0, 0.1) is 5.41 Å². The monoisotopic (exact) mass is 238 g/mol. The third kappa shape index (κ3) is 1.94. The second-order valence-corrected chi connectivity index (χ2v) is 5.21. The Hall–Kier alpha value is -0.330. The Labute approximate surface area is 92.5 Å². The van der Waals surface area contributed by atoms with Gasteiger partial charge in [-0.1, -0.05) is 6.92 Å². The number of ether oxygens (including phenoxy) is 1. The molecule has 0 radical (unpaired) electrons. The Balaban J connectivity index is 1.93. The lowest BCUT2D eigenvalue weighted by Crippen LogP contribution is -2.52. The van der Waals surface area contributed by atoms with Gasteiger partial charge in [-0.25, -0.2) is 0 Å². The van der Waals surface area contributed by atoms with E-state index >= 15 is 0 Å². The Morgan fingerprint density at radius 2 is 2.06 bits per heavy atom. The first-order valence-electron chi connectivity index (χ1n) is 5.44. The Bertz CT molecular complexity index is 276. The van der Waals surface area contributed by atoms with Crippen molar-refractivity contribution in [3.63, 3.8) is 0 Å². The molecule has 2 aliphatic rings. The number of halogens is 3. The fraction of sp³-hybridized carbons (Fsp3) is 1.00. The van der Waals surface area contributed by atoms with Crippen molar-refractivity contribution in [3.05, 3.63) is 0 Å². The number of hydrogen-bond donors (Lipinski definition) is 2. The predicted molar refractivity (Wildman–Crippen MR) is 52.9 cm³/mol. The summed E-state index contributed by atoms with van der Waals surface area (Å²) in [6, 6.07) is -0.191. The zero-order valence-electron chi connectivity index (χ0n) is 9.23. The van der Waals surface area contributed by atoms with Crippen molar-refractivity contribution >= 4 is 0 Å². The van der Waals surface area contributed by atoms with Crippen molar-refractivity contribution in [2.45, 2.75) is 37.5 Å². The Morgan fingerprint density at radius 3 is 2.44 bits per heavy atom.